The highest BCUT2D eigenvalue weighted by Crippen LogP contribution is 2.46. The monoisotopic (exact) mass is 354 g/mol. The highest BCUT2D eigenvalue weighted by Gasteiger charge is 2.50. The van der Waals surface area contributed by atoms with Gasteiger partial charge in [0.05, 0.1) is 18.7 Å². The summed E-state index contributed by atoms with van der Waals surface area (Å²) in [6, 6.07) is 14.7. The van der Waals surface area contributed by atoms with Crippen molar-refractivity contribution in [3.8, 4) is 5.75 Å². The van der Waals surface area contributed by atoms with Gasteiger partial charge in [0.25, 0.3) is 0 Å². The Morgan fingerprint density at radius 2 is 1.85 bits per heavy atom. The van der Waals surface area contributed by atoms with Gasteiger partial charge < -0.3 is 22.7 Å². The second-order valence-electron chi connectivity index (χ2n) is 6.20. The molecule has 1 aliphatic carbocycles. The summed E-state index contributed by atoms with van der Waals surface area (Å²) >= 11 is 0. The molecule has 2 unspecified atom stereocenters. The normalized spacial score (nSPS) is 23.6. The summed E-state index contributed by atoms with van der Waals surface area (Å²) in [7, 11) is -2.76. The molecular formula is C20H17BF2O3. The van der Waals surface area contributed by atoms with Gasteiger partial charge in [0, 0.05) is 5.56 Å². The Hall–Kier alpha value is -2.57. The van der Waals surface area contributed by atoms with Gasteiger partial charge in [0.15, 0.2) is 0 Å². The summed E-state index contributed by atoms with van der Waals surface area (Å²) in [5, 5.41) is 0. The SMILES string of the molecule is COc1ccc(C=CC2O[B-](F)(F)OC3c4ccccc4C=C[C+]23)cc1. The van der Waals surface area contributed by atoms with Crippen LogP contribution in [0.3, 0.4) is 0 Å². The second-order valence-corrected chi connectivity index (χ2v) is 6.20. The molecule has 1 saturated heterocycles. The van der Waals surface area contributed by atoms with Crippen LogP contribution in [-0.4, -0.2) is 20.3 Å². The lowest BCUT2D eigenvalue weighted by atomic mass is 9.80. The zero-order valence-electron chi connectivity index (χ0n) is 14.1. The quantitative estimate of drug-likeness (QED) is 0.583. The van der Waals surface area contributed by atoms with E-state index in [9.17, 15) is 8.63 Å². The molecule has 1 aliphatic heterocycles. The minimum Gasteiger partial charge on any atom is -0.497 e. The first-order valence-corrected chi connectivity index (χ1v) is 8.37. The molecular weight excluding hydrogens is 337 g/mol. The third-order valence-electron chi connectivity index (χ3n) is 4.54. The van der Waals surface area contributed by atoms with Crippen molar-refractivity contribution in [1.29, 1.82) is 0 Å². The van der Waals surface area contributed by atoms with Crippen molar-refractivity contribution in [2.45, 2.75) is 12.2 Å². The summed E-state index contributed by atoms with van der Waals surface area (Å²) in [5.41, 5.74) is 2.49. The average molecular weight is 354 g/mol. The fourth-order valence-electron chi connectivity index (χ4n) is 3.26. The summed E-state index contributed by atoms with van der Waals surface area (Å²) in [4.78, 5) is 0. The van der Waals surface area contributed by atoms with Crippen LogP contribution < -0.4 is 4.74 Å². The van der Waals surface area contributed by atoms with Gasteiger partial charge in [-0.1, -0.05) is 36.4 Å². The molecule has 6 heteroatoms. The van der Waals surface area contributed by atoms with E-state index in [0.29, 0.717) is 5.92 Å². The molecule has 2 aromatic carbocycles. The van der Waals surface area contributed by atoms with Gasteiger partial charge in [-0.25, -0.2) is 0 Å². The number of hydrogen-bond acceptors (Lipinski definition) is 3. The van der Waals surface area contributed by atoms with Crippen LogP contribution in [0.15, 0.2) is 60.7 Å². The van der Waals surface area contributed by atoms with Crippen molar-refractivity contribution in [3.05, 3.63) is 83.3 Å². The van der Waals surface area contributed by atoms with Crippen molar-refractivity contribution in [3.63, 3.8) is 0 Å². The van der Waals surface area contributed by atoms with Crippen molar-refractivity contribution < 1.29 is 22.7 Å². The molecule has 0 spiro atoms. The third-order valence-corrected chi connectivity index (χ3v) is 4.54. The van der Waals surface area contributed by atoms with E-state index in [-0.39, 0.29) is 0 Å². The molecule has 0 saturated carbocycles. The van der Waals surface area contributed by atoms with Crippen LogP contribution in [0.5, 0.6) is 5.75 Å². The van der Waals surface area contributed by atoms with E-state index >= 15 is 0 Å². The van der Waals surface area contributed by atoms with E-state index < -0.39 is 19.3 Å². The molecule has 1 heterocycles. The Morgan fingerprint density at radius 3 is 2.62 bits per heavy atom. The number of ether oxygens (including phenoxy) is 1. The van der Waals surface area contributed by atoms with Gasteiger partial charge in [-0.2, -0.15) is 0 Å². The topological polar surface area (TPSA) is 27.7 Å². The van der Waals surface area contributed by atoms with E-state index in [0.717, 1.165) is 22.4 Å². The molecule has 132 valence electrons. The van der Waals surface area contributed by atoms with Crippen LogP contribution in [0.25, 0.3) is 12.2 Å². The molecule has 2 atom stereocenters. The minimum atomic E-state index is -4.35. The van der Waals surface area contributed by atoms with E-state index in [1.54, 1.807) is 25.3 Å². The fourth-order valence-corrected chi connectivity index (χ4v) is 3.26. The predicted octanol–water partition coefficient (Wildman–Crippen LogP) is 4.84. The maximum Gasteiger partial charge on any atom is 0.605 e. The number of methoxy groups -OCH3 is 1. The second kappa shape index (κ2) is 6.63. The first-order valence-electron chi connectivity index (χ1n) is 8.37. The van der Waals surface area contributed by atoms with Gasteiger partial charge in [-0.15, -0.1) is 0 Å². The lowest BCUT2D eigenvalue weighted by Gasteiger charge is -2.42. The predicted molar refractivity (Wildman–Crippen MR) is 97.4 cm³/mol. The van der Waals surface area contributed by atoms with E-state index in [1.165, 1.54) is 0 Å². The Kier molecular flexibility index (Phi) is 4.30. The summed E-state index contributed by atoms with van der Waals surface area (Å²) in [6.07, 6.45) is 5.46. The lowest BCUT2D eigenvalue weighted by Crippen LogP contribution is -2.48. The lowest BCUT2D eigenvalue weighted by molar-refractivity contribution is -0.0115. The molecule has 0 aromatic heterocycles. The van der Waals surface area contributed by atoms with Gasteiger partial charge >= 0.3 is 7.11 Å². The molecule has 0 bridgehead atoms. The third kappa shape index (κ3) is 3.26. The Balaban J connectivity index is 1.62. The first-order chi connectivity index (χ1) is 12.6. The zero-order valence-corrected chi connectivity index (χ0v) is 14.1. The number of hydrogen-bond donors (Lipinski definition) is 0. The maximum atomic E-state index is 14.1. The van der Waals surface area contributed by atoms with Gasteiger partial charge in [-0.3, -0.25) is 0 Å². The number of benzene rings is 2. The maximum absolute atomic E-state index is 14.1. The molecule has 3 nitrogen and oxygen atoms in total. The van der Waals surface area contributed by atoms with Crippen LogP contribution in [0.2, 0.25) is 0 Å². The fraction of sp³-hybridized carbons (Fsp3) is 0.150. The first kappa shape index (κ1) is 16.9. The summed E-state index contributed by atoms with van der Waals surface area (Å²) < 4.78 is 43.2. The van der Waals surface area contributed by atoms with E-state index in [1.807, 2.05) is 54.6 Å². The van der Waals surface area contributed by atoms with Crippen molar-refractivity contribution in [1.82, 2.24) is 0 Å². The molecule has 2 aromatic rings. The van der Waals surface area contributed by atoms with Crippen LogP contribution in [-0.2, 0) is 9.31 Å². The van der Waals surface area contributed by atoms with Crippen LogP contribution >= 0.6 is 0 Å². The Bertz CT molecular complexity index is 848. The minimum absolute atomic E-state index is 0.668. The summed E-state index contributed by atoms with van der Waals surface area (Å²) in [5.74, 6) is 1.40. The van der Waals surface area contributed by atoms with Crippen molar-refractivity contribution in [2.24, 2.45) is 0 Å². The smallest absolute Gasteiger partial charge is 0.497 e. The molecule has 4 rings (SSSR count). The van der Waals surface area contributed by atoms with E-state index in [4.69, 9.17) is 14.0 Å². The molecule has 0 radical (unpaired) electrons. The highest BCUT2D eigenvalue weighted by molar-refractivity contribution is 6.52. The van der Waals surface area contributed by atoms with E-state index in [2.05, 4.69) is 0 Å². The van der Waals surface area contributed by atoms with Crippen LogP contribution in [0.4, 0.5) is 8.63 Å². The van der Waals surface area contributed by atoms with Crippen LogP contribution in [0.1, 0.15) is 22.8 Å². The van der Waals surface area contributed by atoms with Crippen LogP contribution in [0, 0.1) is 5.92 Å². The Labute approximate surface area is 151 Å². The zero-order chi connectivity index (χ0) is 18.1. The molecule has 2 aliphatic rings. The highest BCUT2D eigenvalue weighted by atomic mass is 19.3. The van der Waals surface area contributed by atoms with Crippen molar-refractivity contribution in [2.75, 3.05) is 7.11 Å². The Morgan fingerprint density at radius 1 is 1.08 bits per heavy atom. The standard InChI is InChI=1S/C20H17BF2O3/c1-24-16-10-6-14(7-11-16)8-13-19-18-12-9-15-4-2-3-5-17(15)20(18)26-21(22,23)25-19/h2-13,19-20H,1H3. The van der Waals surface area contributed by atoms with Gasteiger partial charge in [0.1, 0.15) is 30.0 Å². The number of halogens is 2. The average Bonchev–Trinajstić information content (AvgIpc) is 2.65. The number of fused-ring (bicyclic) bond motifs is 3. The van der Waals surface area contributed by atoms with Gasteiger partial charge in [0.2, 0.25) is 0 Å². The van der Waals surface area contributed by atoms with Crippen molar-refractivity contribution >= 4 is 19.3 Å². The molecule has 26 heavy (non-hydrogen) atoms. The summed E-state index contributed by atoms with van der Waals surface area (Å²) in [6.45, 7) is 0. The number of rotatable bonds is 3. The molecule has 0 N–H and O–H groups in total. The molecule has 0 amide bonds. The largest absolute Gasteiger partial charge is 0.605 e. The molecule has 1 fully saturated rings. The van der Waals surface area contributed by atoms with Gasteiger partial charge in [-0.05, 0) is 29.8 Å².